The number of nitrogens with zero attached hydrogens (tertiary/aromatic N) is 2. The molecule has 0 unspecified atom stereocenters. The molecule has 0 bridgehead atoms. The van der Waals surface area contributed by atoms with Gasteiger partial charge in [0.05, 0.1) is 5.75 Å². The second kappa shape index (κ2) is 9.53. The minimum atomic E-state index is -0.105. The van der Waals surface area contributed by atoms with E-state index in [0.717, 1.165) is 24.1 Å². The number of benzene rings is 1. The van der Waals surface area contributed by atoms with E-state index in [-0.39, 0.29) is 23.5 Å². The number of aromatic nitrogens is 2. The molecule has 0 fully saturated rings. The lowest BCUT2D eigenvalue weighted by Gasteiger charge is -2.09. The first-order valence-corrected chi connectivity index (χ1v) is 9.95. The van der Waals surface area contributed by atoms with Crippen LogP contribution in [-0.4, -0.2) is 27.8 Å². The Labute approximate surface area is 155 Å². The van der Waals surface area contributed by atoms with E-state index in [1.165, 1.54) is 23.1 Å². The Morgan fingerprint density at radius 1 is 1.12 bits per heavy atom. The molecule has 0 aliphatic carbocycles. The van der Waals surface area contributed by atoms with Crippen LogP contribution in [0.25, 0.3) is 0 Å². The van der Waals surface area contributed by atoms with Gasteiger partial charge >= 0.3 is 0 Å². The molecule has 0 saturated carbocycles. The Morgan fingerprint density at radius 3 is 2.44 bits per heavy atom. The predicted molar refractivity (Wildman–Crippen MR) is 103 cm³/mol. The van der Waals surface area contributed by atoms with Crippen molar-refractivity contribution in [3.8, 4) is 0 Å². The zero-order valence-corrected chi connectivity index (χ0v) is 16.2. The smallest absolute Gasteiger partial charge is 0.234 e. The van der Waals surface area contributed by atoms with E-state index in [2.05, 4.69) is 20.8 Å². The number of hydrogen-bond acceptors (Lipinski definition) is 6. The van der Waals surface area contributed by atoms with Crippen molar-refractivity contribution in [3.05, 3.63) is 29.8 Å². The molecule has 25 heavy (non-hydrogen) atoms. The van der Waals surface area contributed by atoms with Crippen LogP contribution in [0.5, 0.6) is 0 Å². The summed E-state index contributed by atoms with van der Waals surface area (Å²) in [5, 5.41) is 14.1. The van der Waals surface area contributed by atoms with Gasteiger partial charge in [0.15, 0.2) is 4.34 Å². The van der Waals surface area contributed by atoms with Gasteiger partial charge in [-0.15, -0.1) is 10.2 Å². The topological polar surface area (TPSA) is 84.0 Å². The van der Waals surface area contributed by atoms with Gasteiger partial charge in [-0.1, -0.05) is 54.6 Å². The minimum absolute atomic E-state index is 0.0136. The third-order valence-corrected chi connectivity index (χ3v) is 5.63. The van der Waals surface area contributed by atoms with Crippen molar-refractivity contribution in [2.45, 2.75) is 38.0 Å². The summed E-state index contributed by atoms with van der Waals surface area (Å²) in [6.07, 6.45) is 1.59. The normalized spacial score (nSPS) is 10.7. The molecule has 134 valence electrons. The number of rotatable bonds is 8. The molecule has 0 aliphatic rings. The van der Waals surface area contributed by atoms with Gasteiger partial charge in [0.25, 0.3) is 0 Å². The van der Waals surface area contributed by atoms with E-state index < -0.39 is 0 Å². The van der Waals surface area contributed by atoms with Crippen molar-refractivity contribution in [2.75, 3.05) is 16.4 Å². The first-order chi connectivity index (χ1) is 12.0. The molecular weight excluding hydrogens is 356 g/mol. The van der Waals surface area contributed by atoms with Crippen LogP contribution in [-0.2, 0) is 9.59 Å². The molecule has 0 spiro atoms. The monoisotopic (exact) mass is 378 g/mol. The lowest BCUT2D eigenvalue weighted by Crippen LogP contribution is -2.21. The van der Waals surface area contributed by atoms with Crippen LogP contribution in [0.3, 0.4) is 0 Å². The molecule has 2 aromatic rings. The Hall–Kier alpha value is -1.93. The van der Waals surface area contributed by atoms with Crippen LogP contribution >= 0.6 is 23.1 Å². The highest BCUT2D eigenvalue weighted by Gasteiger charge is 2.16. The maximum Gasteiger partial charge on any atom is 0.234 e. The average molecular weight is 379 g/mol. The highest BCUT2D eigenvalue weighted by molar-refractivity contribution is 8.01. The lowest BCUT2D eigenvalue weighted by atomic mass is 10.0. The van der Waals surface area contributed by atoms with Crippen molar-refractivity contribution in [1.82, 2.24) is 10.2 Å². The van der Waals surface area contributed by atoms with Crippen molar-refractivity contribution >= 4 is 45.7 Å². The largest absolute Gasteiger partial charge is 0.325 e. The molecule has 0 atom stereocenters. The fourth-order valence-corrected chi connectivity index (χ4v) is 3.70. The summed E-state index contributed by atoms with van der Waals surface area (Å²) >= 11 is 2.58. The SMILES string of the molecule is CCC(CC)C(=O)Nc1nnc(SCC(=O)Nc2ccc(C)cc2)s1. The molecule has 2 N–H and O–H groups in total. The fourth-order valence-electron chi connectivity index (χ4n) is 2.15. The molecular formula is C17H22N4O2S2. The van der Waals surface area contributed by atoms with Crippen LogP contribution in [0.15, 0.2) is 28.6 Å². The summed E-state index contributed by atoms with van der Waals surface area (Å²) in [6, 6.07) is 7.63. The van der Waals surface area contributed by atoms with Crippen LogP contribution in [0.2, 0.25) is 0 Å². The van der Waals surface area contributed by atoms with Crippen molar-refractivity contribution in [1.29, 1.82) is 0 Å². The highest BCUT2D eigenvalue weighted by Crippen LogP contribution is 2.26. The zero-order valence-electron chi connectivity index (χ0n) is 14.5. The Bertz CT molecular complexity index is 712. The first kappa shape index (κ1) is 19.4. The maximum absolute atomic E-state index is 12.0. The van der Waals surface area contributed by atoms with Crippen LogP contribution in [0, 0.1) is 12.8 Å². The van der Waals surface area contributed by atoms with E-state index in [0.29, 0.717) is 9.47 Å². The van der Waals surface area contributed by atoms with E-state index in [1.54, 1.807) is 0 Å². The van der Waals surface area contributed by atoms with Gasteiger partial charge in [0.2, 0.25) is 16.9 Å². The van der Waals surface area contributed by atoms with Gasteiger partial charge in [0.1, 0.15) is 0 Å². The fraction of sp³-hybridized carbons (Fsp3) is 0.412. The van der Waals surface area contributed by atoms with Gasteiger partial charge < -0.3 is 10.6 Å². The number of thioether (sulfide) groups is 1. The Morgan fingerprint density at radius 2 is 1.80 bits per heavy atom. The molecule has 2 rings (SSSR count). The van der Waals surface area contributed by atoms with Crippen molar-refractivity contribution in [3.63, 3.8) is 0 Å². The van der Waals surface area contributed by atoms with E-state index in [4.69, 9.17) is 0 Å². The molecule has 1 aromatic carbocycles. The van der Waals surface area contributed by atoms with Crippen LogP contribution < -0.4 is 10.6 Å². The summed E-state index contributed by atoms with van der Waals surface area (Å²) in [4.78, 5) is 24.0. The van der Waals surface area contributed by atoms with Gasteiger partial charge in [-0.25, -0.2) is 0 Å². The summed E-state index contributed by atoms with van der Waals surface area (Å²) < 4.78 is 0.652. The molecule has 1 aromatic heterocycles. The average Bonchev–Trinajstić information content (AvgIpc) is 3.03. The molecule has 0 radical (unpaired) electrons. The van der Waals surface area contributed by atoms with Gasteiger partial charge in [0, 0.05) is 11.6 Å². The van der Waals surface area contributed by atoms with Gasteiger partial charge in [-0.3, -0.25) is 9.59 Å². The van der Waals surface area contributed by atoms with E-state index >= 15 is 0 Å². The number of hydrogen-bond donors (Lipinski definition) is 2. The second-order valence-electron chi connectivity index (χ2n) is 5.58. The molecule has 6 nitrogen and oxygen atoms in total. The third-order valence-electron chi connectivity index (χ3n) is 3.66. The van der Waals surface area contributed by atoms with Crippen molar-refractivity contribution < 1.29 is 9.59 Å². The molecule has 2 amide bonds. The molecule has 0 aliphatic heterocycles. The van der Waals surface area contributed by atoms with E-state index in [9.17, 15) is 9.59 Å². The number of amides is 2. The standard InChI is InChI=1S/C17H22N4O2S2/c1-4-12(5-2)15(23)19-16-20-21-17(25-16)24-10-14(22)18-13-8-6-11(3)7-9-13/h6-9,12H,4-5,10H2,1-3H3,(H,18,22)(H,19,20,23). The number of carbonyl (C=O) groups excluding carboxylic acids is 2. The first-order valence-electron chi connectivity index (χ1n) is 8.15. The summed E-state index contributed by atoms with van der Waals surface area (Å²) in [6.45, 7) is 5.97. The Balaban J connectivity index is 1.81. The summed E-state index contributed by atoms with van der Waals surface area (Å²) in [5.41, 5.74) is 1.91. The zero-order chi connectivity index (χ0) is 18.2. The molecule has 8 heteroatoms. The van der Waals surface area contributed by atoms with Crippen LogP contribution in [0.1, 0.15) is 32.3 Å². The number of nitrogens with one attached hydrogen (secondary N) is 2. The van der Waals surface area contributed by atoms with Crippen LogP contribution in [0.4, 0.5) is 10.8 Å². The summed E-state index contributed by atoms with van der Waals surface area (Å²) in [5.74, 6) is 0.0880. The quantitative estimate of drug-likeness (QED) is 0.537. The summed E-state index contributed by atoms with van der Waals surface area (Å²) in [7, 11) is 0. The Kier molecular flexibility index (Phi) is 7.39. The number of carbonyl (C=O) groups is 2. The maximum atomic E-state index is 12.0. The lowest BCUT2D eigenvalue weighted by molar-refractivity contribution is -0.120. The second-order valence-corrected chi connectivity index (χ2v) is 7.78. The van der Waals surface area contributed by atoms with Crippen molar-refractivity contribution in [2.24, 2.45) is 5.92 Å². The highest BCUT2D eigenvalue weighted by atomic mass is 32.2. The number of aryl methyl sites for hydroxylation is 1. The van der Waals surface area contributed by atoms with Gasteiger partial charge in [-0.05, 0) is 31.9 Å². The minimum Gasteiger partial charge on any atom is -0.325 e. The molecule has 0 saturated heterocycles. The van der Waals surface area contributed by atoms with Gasteiger partial charge in [-0.2, -0.15) is 0 Å². The number of anilines is 2. The predicted octanol–water partition coefficient (Wildman–Crippen LogP) is 3.95. The molecule has 1 heterocycles. The third kappa shape index (κ3) is 6.13. The van der Waals surface area contributed by atoms with E-state index in [1.807, 2.05) is 45.0 Å².